The fraction of sp³-hybridized carbons (Fsp3) is 0.235. The lowest BCUT2D eigenvalue weighted by Gasteiger charge is -2.33. The van der Waals surface area contributed by atoms with E-state index >= 15 is 0 Å². The molecule has 108 valence electrons. The van der Waals surface area contributed by atoms with Crippen LogP contribution < -0.4 is 4.90 Å². The highest BCUT2D eigenvalue weighted by Gasteiger charge is 2.28. The lowest BCUT2D eigenvalue weighted by atomic mass is 9.93. The summed E-state index contributed by atoms with van der Waals surface area (Å²) in [5.41, 5.74) is 2.45. The SMILES string of the molecule is CC1Cc2ccccc2N(C(=O)c2cc(F)ccc2Br)C1. The third kappa shape index (κ3) is 2.72. The number of hydrogen-bond acceptors (Lipinski definition) is 1. The number of benzene rings is 2. The predicted molar refractivity (Wildman–Crippen MR) is 85.1 cm³/mol. The monoisotopic (exact) mass is 347 g/mol. The number of halogens is 2. The predicted octanol–water partition coefficient (Wildman–Crippen LogP) is 4.43. The molecule has 2 aromatic carbocycles. The number of hydrogen-bond donors (Lipinski definition) is 0. The molecule has 2 nitrogen and oxygen atoms in total. The van der Waals surface area contributed by atoms with Gasteiger partial charge in [0.2, 0.25) is 0 Å². The highest BCUT2D eigenvalue weighted by atomic mass is 79.9. The lowest BCUT2D eigenvalue weighted by Crippen LogP contribution is -2.39. The molecular formula is C17H15BrFNO. The van der Waals surface area contributed by atoms with E-state index in [0.29, 0.717) is 22.5 Å². The van der Waals surface area contributed by atoms with Crippen molar-refractivity contribution in [1.29, 1.82) is 0 Å². The minimum absolute atomic E-state index is 0.166. The quantitative estimate of drug-likeness (QED) is 0.747. The van der Waals surface area contributed by atoms with Crippen LogP contribution in [-0.2, 0) is 6.42 Å². The molecule has 0 N–H and O–H groups in total. The molecule has 21 heavy (non-hydrogen) atoms. The summed E-state index contributed by atoms with van der Waals surface area (Å²) < 4.78 is 14.1. The third-order valence-electron chi connectivity index (χ3n) is 3.75. The Hall–Kier alpha value is -1.68. The molecule has 0 radical (unpaired) electrons. The van der Waals surface area contributed by atoms with E-state index in [4.69, 9.17) is 0 Å². The molecule has 0 spiro atoms. The van der Waals surface area contributed by atoms with Crippen LogP contribution >= 0.6 is 15.9 Å². The van der Waals surface area contributed by atoms with Crippen LogP contribution in [0, 0.1) is 11.7 Å². The van der Waals surface area contributed by atoms with Gasteiger partial charge in [0.05, 0.1) is 5.56 Å². The molecule has 0 aromatic heterocycles. The second-order valence-corrected chi connectivity index (χ2v) is 6.33. The van der Waals surface area contributed by atoms with Gasteiger partial charge in [0.25, 0.3) is 5.91 Å². The first kappa shape index (κ1) is 14.3. The first-order valence-electron chi connectivity index (χ1n) is 6.91. The summed E-state index contributed by atoms with van der Waals surface area (Å²) >= 11 is 3.34. The smallest absolute Gasteiger partial charge is 0.259 e. The Kier molecular flexibility index (Phi) is 3.81. The summed E-state index contributed by atoms with van der Waals surface area (Å²) in [6.07, 6.45) is 0.963. The fourth-order valence-corrected chi connectivity index (χ4v) is 3.21. The molecule has 1 amide bonds. The van der Waals surface area contributed by atoms with E-state index in [1.807, 2.05) is 24.3 Å². The van der Waals surface area contributed by atoms with E-state index in [9.17, 15) is 9.18 Å². The summed E-state index contributed by atoms with van der Waals surface area (Å²) in [6.45, 7) is 2.77. The van der Waals surface area contributed by atoms with Gasteiger partial charge in [0.1, 0.15) is 5.82 Å². The number of carbonyl (C=O) groups excluding carboxylic acids is 1. The summed E-state index contributed by atoms with van der Waals surface area (Å²) in [5.74, 6) is -0.184. The van der Waals surface area contributed by atoms with Gasteiger partial charge in [-0.1, -0.05) is 25.1 Å². The Labute approximate surface area is 131 Å². The van der Waals surface area contributed by atoms with Crippen LogP contribution in [0.5, 0.6) is 0 Å². The van der Waals surface area contributed by atoms with Crippen LogP contribution in [0.4, 0.5) is 10.1 Å². The van der Waals surface area contributed by atoms with E-state index < -0.39 is 5.82 Å². The van der Waals surface area contributed by atoms with Crippen molar-refractivity contribution in [2.24, 2.45) is 5.92 Å². The average molecular weight is 348 g/mol. The van der Waals surface area contributed by atoms with Crippen molar-refractivity contribution in [1.82, 2.24) is 0 Å². The van der Waals surface area contributed by atoms with Crippen molar-refractivity contribution >= 4 is 27.5 Å². The molecule has 0 saturated heterocycles. The van der Waals surface area contributed by atoms with Crippen LogP contribution in [0.3, 0.4) is 0 Å². The highest BCUT2D eigenvalue weighted by molar-refractivity contribution is 9.10. The molecule has 1 unspecified atom stereocenters. The first-order chi connectivity index (χ1) is 10.1. The van der Waals surface area contributed by atoms with Gasteiger partial charge in [-0.15, -0.1) is 0 Å². The molecule has 4 heteroatoms. The van der Waals surface area contributed by atoms with Gasteiger partial charge in [0.15, 0.2) is 0 Å². The maximum absolute atomic E-state index is 13.5. The zero-order chi connectivity index (χ0) is 15.0. The molecule has 0 aliphatic carbocycles. The van der Waals surface area contributed by atoms with E-state index in [2.05, 4.69) is 22.9 Å². The van der Waals surface area contributed by atoms with Gasteiger partial charge < -0.3 is 4.90 Å². The fourth-order valence-electron chi connectivity index (χ4n) is 2.80. The van der Waals surface area contributed by atoms with Crippen LogP contribution in [0.1, 0.15) is 22.8 Å². The van der Waals surface area contributed by atoms with Crippen molar-refractivity contribution in [2.75, 3.05) is 11.4 Å². The van der Waals surface area contributed by atoms with Crippen LogP contribution in [0.2, 0.25) is 0 Å². The minimum Gasteiger partial charge on any atom is -0.308 e. The number of fused-ring (bicyclic) bond motifs is 1. The van der Waals surface area contributed by atoms with Crippen molar-refractivity contribution in [3.63, 3.8) is 0 Å². The molecule has 0 bridgehead atoms. The van der Waals surface area contributed by atoms with Gasteiger partial charge in [-0.25, -0.2) is 4.39 Å². The molecule has 1 atom stereocenters. The molecular weight excluding hydrogens is 333 g/mol. The minimum atomic E-state index is -0.403. The summed E-state index contributed by atoms with van der Waals surface area (Å²) in [6, 6.07) is 12.1. The van der Waals surface area contributed by atoms with Crippen LogP contribution in [0.25, 0.3) is 0 Å². The number of rotatable bonds is 1. The van der Waals surface area contributed by atoms with Crippen molar-refractivity contribution in [3.05, 3.63) is 63.9 Å². The van der Waals surface area contributed by atoms with Crippen LogP contribution in [-0.4, -0.2) is 12.5 Å². The summed E-state index contributed by atoms with van der Waals surface area (Å²) in [7, 11) is 0. The number of anilines is 1. The number of nitrogens with zero attached hydrogens (tertiary/aromatic N) is 1. The second kappa shape index (κ2) is 5.60. The normalized spacial score (nSPS) is 17.5. The van der Waals surface area contributed by atoms with E-state index in [1.54, 1.807) is 11.0 Å². The Balaban J connectivity index is 2.04. The Morgan fingerprint density at radius 1 is 1.29 bits per heavy atom. The Morgan fingerprint density at radius 3 is 2.86 bits per heavy atom. The average Bonchev–Trinajstić information content (AvgIpc) is 2.48. The number of carbonyl (C=O) groups is 1. The Morgan fingerprint density at radius 2 is 2.05 bits per heavy atom. The van der Waals surface area contributed by atoms with Gasteiger partial charge in [-0.3, -0.25) is 4.79 Å². The van der Waals surface area contributed by atoms with Gasteiger partial charge in [-0.2, -0.15) is 0 Å². The Bertz CT molecular complexity index is 701. The highest BCUT2D eigenvalue weighted by Crippen LogP contribution is 2.31. The van der Waals surface area contributed by atoms with E-state index in [1.165, 1.54) is 12.1 Å². The van der Waals surface area contributed by atoms with Crippen molar-refractivity contribution in [3.8, 4) is 0 Å². The van der Waals surface area contributed by atoms with Crippen LogP contribution in [0.15, 0.2) is 46.9 Å². The summed E-state index contributed by atoms with van der Waals surface area (Å²) in [5, 5.41) is 0. The summed E-state index contributed by atoms with van der Waals surface area (Å²) in [4.78, 5) is 14.6. The van der Waals surface area contributed by atoms with E-state index in [-0.39, 0.29) is 5.91 Å². The lowest BCUT2D eigenvalue weighted by molar-refractivity contribution is 0.0980. The van der Waals surface area contributed by atoms with E-state index in [0.717, 1.165) is 17.7 Å². The zero-order valence-corrected chi connectivity index (χ0v) is 13.2. The maximum atomic E-state index is 13.5. The van der Waals surface area contributed by atoms with Crippen molar-refractivity contribution in [2.45, 2.75) is 13.3 Å². The maximum Gasteiger partial charge on any atom is 0.259 e. The third-order valence-corrected chi connectivity index (χ3v) is 4.44. The largest absolute Gasteiger partial charge is 0.308 e. The molecule has 1 aliphatic heterocycles. The molecule has 1 heterocycles. The molecule has 3 rings (SSSR count). The van der Waals surface area contributed by atoms with Gasteiger partial charge in [-0.05, 0) is 58.1 Å². The molecule has 1 aliphatic rings. The van der Waals surface area contributed by atoms with Gasteiger partial charge in [0, 0.05) is 16.7 Å². The molecule has 0 fully saturated rings. The standard InChI is InChI=1S/C17H15BrFNO/c1-11-8-12-4-2-3-5-16(12)20(10-11)17(21)14-9-13(19)6-7-15(14)18/h2-7,9,11H,8,10H2,1H3. The first-order valence-corrected chi connectivity index (χ1v) is 7.70. The number of amides is 1. The van der Waals surface area contributed by atoms with Crippen molar-refractivity contribution < 1.29 is 9.18 Å². The second-order valence-electron chi connectivity index (χ2n) is 5.48. The zero-order valence-electron chi connectivity index (χ0n) is 11.6. The molecule has 0 saturated carbocycles. The molecule has 2 aromatic rings. The topological polar surface area (TPSA) is 20.3 Å². The van der Waals surface area contributed by atoms with Gasteiger partial charge >= 0.3 is 0 Å². The number of para-hydroxylation sites is 1.